The van der Waals surface area contributed by atoms with Gasteiger partial charge in [0.05, 0.1) is 0 Å². The van der Waals surface area contributed by atoms with E-state index in [1.165, 1.54) is 0 Å². The SMILES string of the molecule is CC(C)CC(=O)N1CCN(C(=O)c2ccc3c(c2)OCO3)CC1. The first-order chi connectivity index (χ1) is 11.0. The number of hydrogen-bond donors (Lipinski definition) is 0. The fourth-order valence-corrected chi connectivity index (χ4v) is 2.85. The van der Waals surface area contributed by atoms with Gasteiger partial charge < -0.3 is 19.3 Å². The van der Waals surface area contributed by atoms with Gasteiger partial charge >= 0.3 is 0 Å². The highest BCUT2D eigenvalue weighted by Crippen LogP contribution is 2.32. The third kappa shape index (κ3) is 3.41. The highest BCUT2D eigenvalue weighted by Gasteiger charge is 2.26. The lowest BCUT2D eigenvalue weighted by Gasteiger charge is -2.35. The molecule has 2 amide bonds. The largest absolute Gasteiger partial charge is 0.454 e. The molecule has 0 N–H and O–H groups in total. The number of fused-ring (bicyclic) bond motifs is 1. The minimum atomic E-state index is -0.0285. The first kappa shape index (κ1) is 15.6. The number of benzene rings is 1. The Morgan fingerprint density at radius 1 is 1.04 bits per heavy atom. The normalized spacial score (nSPS) is 16.8. The number of carbonyl (C=O) groups excluding carboxylic acids is 2. The molecule has 0 aromatic heterocycles. The van der Waals surface area contributed by atoms with E-state index >= 15 is 0 Å². The predicted octanol–water partition coefficient (Wildman–Crippen LogP) is 1.75. The van der Waals surface area contributed by atoms with Crippen molar-refractivity contribution in [1.29, 1.82) is 0 Å². The highest BCUT2D eigenvalue weighted by atomic mass is 16.7. The molecule has 0 spiro atoms. The van der Waals surface area contributed by atoms with Gasteiger partial charge in [-0.05, 0) is 24.1 Å². The summed E-state index contributed by atoms with van der Waals surface area (Å²) in [4.78, 5) is 28.3. The van der Waals surface area contributed by atoms with Crippen LogP contribution in [0.25, 0.3) is 0 Å². The summed E-state index contributed by atoms with van der Waals surface area (Å²) in [6, 6.07) is 5.24. The summed E-state index contributed by atoms with van der Waals surface area (Å²) >= 11 is 0. The number of amides is 2. The summed E-state index contributed by atoms with van der Waals surface area (Å²) in [6.07, 6.45) is 0.566. The second kappa shape index (κ2) is 6.48. The molecule has 1 aromatic rings. The van der Waals surface area contributed by atoms with Crippen molar-refractivity contribution in [2.45, 2.75) is 20.3 Å². The van der Waals surface area contributed by atoms with E-state index in [2.05, 4.69) is 0 Å². The first-order valence-electron chi connectivity index (χ1n) is 8.01. The van der Waals surface area contributed by atoms with Crippen LogP contribution in [0.2, 0.25) is 0 Å². The van der Waals surface area contributed by atoms with Crippen LogP contribution in [0, 0.1) is 5.92 Å². The molecule has 1 saturated heterocycles. The Morgan fingerprint density at radius 3 is 2.39 bits per heavy atom. The minimum absolute atomic E-state index is 0.0285. The molecule has 2 aliphatic rings. The monoisotopic (exact) mass is 318 g/mol. The van der Waals surface area contributed by atoms with E-state index in [1.807, 2.05) is 18.7 Å². The van der Waals surface area contributed by atoms with E-state index in [1.54, 1.807) is 23.1 Å². The third-order valence-corrected chi connectivity index (χ3v) is 4.12. The molecule has 124 valence electrons. The zero-order chi connectivity index (χ0) is 16.4. The number of nitrogens with zero attached hydrogens (tertiary/aromatic N) is 2. The average Bonchev–Trinajstić information content (AvgIpc) is 3.01. The van der Waals surface area contributed by atoms with Crippen LogP contribution >= 0.6 is 0 Å². The summed E-state index contributed by atoms with van der Waals surface area (Å²) in [6.45, 7) is 6.61. The van der Waals surface area contributed by atoms with E-state index in [9.17, 15) is 9.59 Å². The van der Waals surface area contributed by atoms with Crippen LogP contribution < -0.4 is 9.47 Å². The van der Waals surface area contributed by atoms with Gasteiger partial charge in [0.25, 0.3) is 5.91 Å². The van der Waals surface area contributed by atoms with Crippen molar-refractivity contribution in [3.8, 4) is 11.5 Å². The van der Waals surface area contributed by atoms with Gasteiger partial charge in [-0.2, -0.15) is 0 Å². The van der Waals surface area contributed by atoms with Crippen LogP contribution in [0.1, 0.15) is 30.6 Å². The van der Waals surface area contributed by atoms with Gasteiger partial charge in [0, 0.05) is 38.2 Å². The van der Waals surface area contributed by atoms with Crippen molar-refractivity contribution in [2.75, 3.05) is 33.0 Å². The van der Waals surface area contributed by atoms with Crippen LogP contribution in [0.15, 0.2) is 18.2 Å². The van der Waals surface area contributed by atoms with Crippen LogP contribution in [0.3, 0.4) is 0 Å². The molecule has 1 fully saturated rings. The Labute approximate surface area is 136 Å². The van der Waals surface area contributed by atoms with Crippen molar-refractivity contribution >= 4 is 11.8 Å². The summed E-state index contributed by atoms with van der Waals surface area (Å²) < 4.78 is 10.6. The lowest BCUT2D eigenvalue weighted by atomic mass is 10.1. The zero-order valence-electron chi connectivity index (χ0n) is 13.6. The number of hydrogen-bond acceptors (Lipinski definition) is 4. The number of ether oxygens (including phenoxy) is 2. The molecule has 0 radical (unpaired) electrons. The van der Waals surface area contributed by atoms with E-state index in [4.69, 9.17) is 9.47 Å². The number of rotatable bonds is 3. The van der Waals surface area contributed by atoms with E-state index in [0.29, 0.717) is 55.6 Å². The van der Waals surface area contributed by atoms with Gasteiger partial charge in [-0.15, -0.1) is 0 Å². The maximum absolute atomic E-state index is 12.6. The lowest BCUT2D eigenvalue weighted by molar-refractivity contribution is -0.133. The summed E-state index contributed by atoms with van der Waals surface area (Å²) in [7, 11) is 0. The van der Waals surface area contributed by atoms with E-state index in [0.717, 1.165) is 0 Å². The van der Waals surface area contributed by atoms with E-state index in [-0.39, 0.29) is 18.6 Å². The summed E-state index contributed by atoms with van der Waals surface area (Å²) in [5.74, 6) is 1.79. The molecule has 0 unspecified atom stereocenters. The second-order valence-corrected chi connectivity index (χ2v) is 6.34. The smallest absolute Gasteiger partial charge is 0.254 e. The van der Waals surface area contributed by atoms with Crippen molar-refractivity contribution in [3.05, 3.63) is 23.8 Å². The Morgan fingerprint density at radius 2 is 1.70 bits per heavy atom. The molecule has 0 aliphatic carbocycles. The van der Waals surface area contributed by atoms with Gasteiger partial charge in [0.15, 0.2) is 11.5 Å². The van der Waals surface area contributed by atoms with Gasteiger partial charge in [0.1, 0.15) is 0 Å². The van der Waals surface area contributed by atoms with E-state index < -0.39 is 0 Å². The fraction of sp³-hybridized carbons (Fsp3) is 0.529. The highest BCUT2D eigenvalue weighted by molar-refractivity contribution is 5.95. The Bertz CT molecular complexity index is 607. The Hall–Kier alpha value is -2.24. The van der Waals surface area contributed by atoms with Crippen LogP contribution in [0.4, 0.5) is 0 Å². The quantitative estimate of drug-likeness (QED) is 0.852. The maximum Gasteiger partial charge on any atom is 0.254 e. The molecule has 0 atom stereocenters. The third-order valence-electron chi connectivity index (χ3n) is 4.12. The van der Waals surface area contributed by atoms with Crippen LogP contribution in [-0.4, -0.2) is 54.6 Å². The van der Waals surface area contributed by atoms with Crippen molar-refractivity contribution in [2.24, 2.45) is 5.92 Å². The molecule has 2 heterocycles. The molecule has 23 heavy (non-hydrogen) atoms. The van der Waals surface area contributed by atoms with Gasteiger partial charge in [-0.1, -0.05) is 13.8 Å². The Kier molecular flexibility index (Phi) is 4.41. The van der Waals surface area contributed by atoms with Crippen molar-refractivity contribution in [3.63, 3.8) is 0 Å². The first-order valence-corrected chi connectivity index (χ1v) is 8.01. The fourth-order valence-electron chi connectivity index (χ4n) is 2.85. The standard InChI is InChI=1S/C17H22N2O4/c1-12(2)9-16(20)18-5-7-19(8-6-18)17(21)13-3-4-14-15(10-13)23-11-22-14/h3-4,10,12H,5-9,11H2,1-2H3. The molecular weight excluding hydrogens is 296 g/mol. The van der Waals surface area contributed by atoms with Gasteiger partial charge in [0.2, 0.25) is 12.7 Å². The van der Waals surface area contributed by atoms with Gasteiger partial charge in [-0.3, -0.25) is 9.59 Å². The topological polar surface area (TPSA) is 59.1 Å². The van der Waals surface area contributed by atoms with Crippen LogP contribution in [-0.2, 0) is 4.79 Å². The second-order valence-electron chi connectivity index (χ2n) is 6.34. The average molecular weight is 318 g/mol. The summed E-state index contributed by atoms with van der Waals surface area (Å²) in [5.41, 5.74) is 0.594. The lowest BCUT2D eigenvalue weighted by Crippen LogP contribution is -2.50. The Balaban J connectivity index is 1.59. The number of carbonyl (C=O) groups is 2. The van der Waals surface area contributed by atoms with Crippen LogP contribution in [0.5, 0.6) is 11.5 Å². The maximum atomic E-state index is 12.6. The number of piperazine rings is 1. The summed E-state index contributed by atoms with van der Waals surface area (Å²) in [5, 5.41) is 0. The molecule has 0 bridgehead atoms. The van der Waals surface area contributed by atoms with Crippen molar-refractivity contribution < 1.29 is 19.1 Å². The molecule has 6 heteroatoms. The van der Waals surface area contributed by atoms with Gasteiger partial charge in [-0.25, -0.2) is 0 Å². The molecule has 2 aliphatic heterocycles. The molecule has 3 rings (SSSR count). The minimum Gasteiger partial charge on any atom is -0.454 e. The zero-order valence-corrected chi connectivity index (χ0v) is 13.6. The van der Waals surface area contributed by atoms with Crippen molar-refractivity contribution in [1.82, 2.24) is 9.80 Å². The molecule has 1 aromatic carbocycles. The predicted molar refractivity (Wildman–Crippen MR) is 84.5 cm³/mol. The molecule has 6 nitrogen and oxygen atoms in total. The molecule has 0 saturated carbocycles. The molecular formula is C17H22N2O4.